The van der Waals surface area contributed by atoms with Gasteiger partial charge in [-0.2, -0.15) is 0 Å². The predicted octanol–water partition coefficient (Wildman–Crippen LogP) is 2.35. The standard InChI is InChI=1S/C13H16ClN3/c14-7-12(6-13-9-15-10-17-13)16-8-11-4-2-1-3-5-11/h1-5,9-10,12,16H,6-8H2,(H,15,17). The summed E-state index contributed by atoms with van der Waals surface area (Å²) >= 11 is 5.95. The molecule has 0 saturated heterocycles. The topological polar surface area (TPSA) is 40.7 Å². The number of rotatable bonds is 6. The molecule has 2 rings (SSSR count). The van der Waals surface area contributed by atoms with Gasteiger partial charge in [-0.1, -0.05) is 30.3 Å². The Morgan fingerprint density at radius 2 is 2.12 bits per heavy atom. The number of alkyl halides is 1. The third-order valence-corrected chi connectivity index (χ3v) is 3.02. The molecular formula is C13H16ClN3. The van der Waals surface area contributed by atoms with Gasteiger partial charge in [-0.25, -0.2) is 4.98 Å². The molecule has 1 aromatic carbocycles. The van der Waals surface area contributed by atoms with E-state index in [2.05, 4.69) is 27.4 Å². The Hall–Kier alpha value is -1.32. The minimum atomic E-state index is 0.261. The van der Waals surface area contributed by atoms with Gasteiger partial charge in [-0.15, -0.1) is 11.6 Å². The summed E-state index contributed by atoms with van der Waals surface area (Å²) in [6, 6.07) is 10.6. The lowest BCUT2D eigenvalue weighted by Gasteiger charge is -2.15. The molecule has 1 heterocycles. The van der Waals surface area contributed by atoms with Crippen molar-refractivity contribution >= 4 is 11.6 Å². The molecule has 90 valence electrons. The van der Waals surface area contributed by atoms with Crippen molar-refractivity contribution in [2.24, 2.45) is 0 Å². The van der Waals surface area contributed by atoms with Gasteiger partial charge in [0, 0.05) is 36.8 Å². The second-order valence-corrected chi connectivity index (χ2v) is 4.31. The van der Waals surface area contributed by atoms with Crippen molar-refractivity contribution in [2.45, 2.75) is 19.0 Å². The monoisotopic (exact) mass is 249 g/mol. The number of benzene rings is 1. The van der Waals surface area contributed by atoms with E-state index in [0.29, 0.717) is 5.88 Å². The molecule has 1 unspecified atom stereocenters. The molecule has 0 bridgehead atoms. The van der Waals surface area contributed by atoms with Crippen LogP contribution < -0.4 is 5.32 Å². The van der Waals surface area contributed by atoms with Crippen molar-refractivity contribution < 1.29 is 0 Å². The SMILES string of the molecule is ClCC(Cc1cnc[nH]1)NCc1ccccc1. The minimum absolute atomic E-state index is 0.261. The zero-order valence-corrected chi connectivity index (χ0v) is 10.3. The van der Waals surface area contributed by atoms with Crippen molar-refractivity contribution in [3.63, 3.8) is 0 Å². The fourth-order valence-electron chi connectivity index (χ4n) is 1.70. The Morgan fingerprint density at radius 3 is 2.76 bits per heavy atom. The van der Waals surface area contributed by atoms with Crippen LogP contribution in [0.4, 0.5) is 0 Å². The Kier molecular flexibility index (Phi) is 4.59. The van der Waals surface area contributed by atoms with E-state index in [-0.39, 0.29) is 6.04 Å². The first-order chi connectivity index (χ1) is 8.38. The van der Waals surface area contributed by atoms with E-state index in [9.17, 15) is 0 Å². The fourth-order valence-corrected chi connectivity index (χ4v) is 1.92. The molecule has 1 aromatic heterocycles. The summed E-state index contributed by atoms with van der Waals surface area (Å²) in [7, 11) is 0. The molecule has 0 amide bonds. The van der Waals surface area contributed by atoms with Crippen LogP contribution in [0.5, 0.6) is 0 Å². The highest BCUT2D eigenvalue weighted by Gasteiger charge is 2.08. The normalized spacial score (nSPS) is 12.5. The lowest BCUT2D eigenvalue weighted by molar-refractivity contribution is 0.546. The molecule has 0 fully saturated rings. The molecule has 3 nitrogen and oxygen atoms in total. The van der Waals surface area contributed by atoms with Crippen LogP contribution in [0.1, 0.15) is 11.3 Å². The number of hydrogen-bond acceptors (Lipinski definition) is 2. The summed E-state index contributed by atoms with van der Waals surface area (Å²) < 4.78 is 0. The highest BCUT2D eigenvalue weighted by atomic mass is 35.5. The number of aromatic amines is 1. The zero-order valence-electron chi connectivity index (χ0n) is 9.57. The molecule has 0 radical (unpaired) electrons. The highest BCUT2D eigenvalue weighted by Crippen LogP contribution is 2.03. The molecule has 0 saturated carbocycles. The average molecular weight is 250 g/mol. The molecule has 0 spiro atoms. The Bertz CT molecular complexity index is 413. The molecule has 1 atom stereocenters. The number of aromatic nitrogens is 2. The van der Waals surface area contributed by atoms with E-state index in [1.807, 2.05) is 24.4 Å². The number of nitrogens with zero attached hydrogens (tertiary/aromatic N) is 1. The molecule has 0 aliphatic heterocycles. The van der Waals surface area contributed by atoms with Gasteiger partial charge in [-0.05, 0) is 5.56 Å². The second-order valence-electron chi connectivity index (χ2n) is 4.00. The number of nitrogens with one attached hydrogen (secondary N) is 2. The number of halogens is 1. The number of H-pyrrole nitrogens is 1. The molecule has 2 N–H and O–H groups in total. The van der Waals surface area contributed by atoms with Crippen LogP contribution in [-0.2, 0) is 13.0 Å². The highest BCUT2D eigenvalue weighted by molar-refractivity contribution is 6.18. The summed E-state index contributed by atoms with van der Waals surface area (Å²) in [6.45, 7) is 0.840. The lowest BCUT2D eigenvalue weighted by atomic mass is 10.1. The van der Waals surface area contributed by atoms with Gasteiger partial charge >= 0.3 is 0 Å². The van der Waals surface area contributed by atoms with Gasteiger partial charge in [0.25, 0.3) is 0 Å². The Morgan fingerprint density at radius 1 is 1.29 bits per heavy atom. The second kappa shape index (κ2) is 6.42. The molecule has 2 aromatic rings. The van der Waals surface area contributed by atoms with Gasteiger partial charge in [0.2, 0.25) is 0 Å². The minimum Gasteiger partial charge on any atom is -0.348 e. The van der Waals surface area contributed by atoms with Gasteiger partial charge < -0.3 is 10.3 Å². The van der Waals surface area contributed by atoms with Crippen LogP contribution in [0.2, 0.25) is 0 Å². The van der Waals surface area contributed by atoms with E-state index < -0.39 is 0 Å². The maximum absolute atomic E-state index is 5.95. The molecular weight excluding hydrogens is 234 g/mol. The maximum atomic E-state index is 5.95. The van der Waals surface area contributed by atoms with Gasteiger partial charge in [0.15, 0.2) is 0 Å². The van der Waals surface area contributed by atoms with E-state index in [0.717, 1.165) is 18.7 Å². The van der Waals surface area contributed by atoms with E-state index in [4.69, 9.17) is 11.6 Å². The van der Waals surface area contributed by atoms with Crippen LogP contribution in [0.3, 0.4) is 0 Å². The molecule has 0 aliphatic carbocycles. The Balaban J connectivity index is 1.84. The number of hydrogen-bond donors (Lipinski definition) is 2. The van der Waals surface area contributed by atoms with Crippen molar-refractivity contribution in [2.75, 3.05) is 5.88 Å². The van der Waals surface area contributed by atoms with Crippen molar-refractivity contribution in [1.29, 1.82) is 0 Å². The van der Waals surface area contributed by atoms with Gasteiger partial charge in [0.1, 0.15) is 0 Å². The van der Waals surface area contributed by atoms with Crippen molar-refractivity contribution in [3.8, 4) is 0 Å². The van der Waals surface area contributed by atoms with Crippen molar-refractivity contribution in [3.05, 3.63) is 54.1 Å². The third kappa shape index (κ3) is 3.88. The maximum Gasteiger partial charge on any atom is 0.0921 e. The zero-order chi connectivity index (χ0) is 11.9. The molecule has 4 heteroatoms. The summed E-state index contributed by atoms with van der Waals surface area (Å²) in [6.07, 6.45) is 4.40. The number of imidazole rings is 1. The van der Waals surface area contributed by atoms with Crippen LogP contribution in [-0.4, -0.2) is 21.9 Å². The molecule has 0 aliphatic rings. The van der Waals surface area contributed by atoms with E-state index in [1.165, 1.54) is 5.56 Å². The third-order valence-electron chi connectivity index (χ3n) is 2.65. The lowest BCUT2D eigenvalue weighted by Crippen LogP contribution is -2.32. The van der Waals surface area contributed by atoms with Gasteiger partial charge in [0.05, 0.1) is 6.33 Å². The quantitative estimate of drug-likeness (QED) is 0.772. The summed E-state index contributed by atoms with van der Waals surface area (Å²) in [4.78, 5) is 7.09. The predicted molar refractivity (Wildman–Crippen MR) is 70.1 cm³/mol. The fraction of sp³-hybridized carbons (Fsp3) is 0.308. The summed E-state index contributed by atoms with van der Waals surface area (Å²) in [5, 5.41) is 3.44. The van der Waals surface area contributed by atoms with Crippen LogP contribution in [0, 0.1) is 0 Å². The smallest absolute Gasteiger partial charge is 0.0921 e. The van der Waals surface area contributed by atoms with Crippen LogP contribution in [0.25, 0.3) is 0 Å². The molecule has 17 heavy (non-hydrogen) atoms. The van der Waals surface area contributed by atoms with E-state index in [1.54, 1.807) is 6.33 Å². The average Bonchev–Trinajstić information content (AvgIpc) is 2.88. The largest absolute Gasteiger partial charge is 0.348 e. The van der Waals surface area contributed by atoms with Crippen molar-refractivity contribution in [1.82, 2.24) is 15.3 Å². The van der Waals surface area contributed by atoms with Gasteiger partial charge in [-0.3, -0.25) is 0 Å². The first-order valence-electron chi connectivity index (χ1n) is 5.69. The first kappa shape index (κ1) is 12.1. The Labute approximate surface area is 106 Å². The first-order valence-corrected chi connectivity index (χ1v) is 6.22. The summed E-state index contributed by atoms with van der Waals surface area (Å²) in [5.41, 5.74) is 2.38. The van der Waals surface area contributed by atoms with Crippen LogP contribution >= 0.6 is 11.6 Å². The van der Waals surface area contributed by atoms with E-state index >= 15 is 0 Å². The summed E-state index contributed by atoms with van der Waals surface area (Å²) in [5.74, 6) is 0.589. The van der Waals surface area contributed by atoms with Crippen LogP contribution in [0.15, 0.2) is 42.9 Å².